The maximum atomic E-state index is 12.2. The van der Waals surface area contributed by atoms with Crippen LogP contribution in [0.25, 0.3) is 0 Å². The van der Waals surface area contributed by atoms with Gasteiger partial charge in [-0.05, 0) is 35.9 Å². The normalized spacial score (nSPS) is 15.8. The Balaban J connectivity index is 1.74. The highest BCUT2D eigenvalue weighted by atomic mass is 16.6. The molecule has 0 aliphatic carbocycles. The maximum Gasteiger partial charge on any atom is 0.287 e. The number of nitrogens with one attached hydrogen (secondary N) is 1. The van der Waals surface area contributed by atoms with Gasteiger partial charge in [0.1, 0.15) is 6.04 Å². The summed E-state index contributed by atoms with van der Waals surface area (Å²) in [5.41, 5.74) is 1.54. The minimum Gasteiger partial charge on any atom is -0.322 e. The van der Waals surface area contributed by atoms with E-state index in [9.17, 15) is 19.7 Å². The van der Waals surface area contributed by atoms with Crippen molar-refractivity contribution in [2.75, 3.05) is 5.32 Å². The van der Waals surface area contributed by atoms with Gasteiger partial charge in [0.05, 0.1) is 4.92 Å². The highest BCUT2D eigenvalue weighted by molar-refractivity contribution is 6.04. The number of benzene rings is 2. The number of nitro groups is 1. The van der Waals surface area contributed by atoms with Gasteiger partial charge in [-0.15, -0.1) is 5.11 Å². The zero-order valence-corrected chi connectivity index (χ0v) is 12.8. The summed E-state index contributed by atoms with van der Waals surface area (Å²) in [4.78, 5) is 33.4. The third-order valence-electron chi connectivity index (χ3n) is 3.53. The van der Waals surface area contributed by atoms with Gasteiger partial charge < -0.3 is 5.32 Å². The minimum absolute atomic E-state index is 0.0810. The van der Waals surface area contributed by atoms with Crippen LogP contribution in [0.2, 0.25) is 0 Å². The molecule has 3 rings (SSSR count). The van der Waals surface area contributed by atoms with Gasteiger partial charge in [0.15, 0.2) is 0 Å². The summed E-state index contributed by atoms with van der Waals surface area (Å²) in [7, 11) is 0. The summed E-state index contributed by atoms with van der Waals surface area (Å²) in [5, 5.41) is 20.8. The van der Waals surface area contributed by atoms with Crippen LogP contribution < -0.4 is 5.32 Å². The van der Waals surface area contributed by atoms with Gasteiger partial charge in [0.2, 0.25) is 0 Å². The van der Waals surface area contributed by atoms with E-state index in [2.05, 4.69) is 15.5 Å². The van der Waals surface area contributed by atoms with Crippen molar-refractivity contribution in [3.8, 4) is 0 Å². The van der Waals surface area contributed by atoms with E-state index in [0.29, 0.717) is 11.3 Å². The Morgan fingerprint density at radius 1 is 1.16 bits per heavy atom. The second-order valence-electron chi connectivity index (χ2n) is 5.24. The van der Waals surface area contributed by atoms with Crippen molar-refractivity contribution < 1.29 is 14.5 Å². The smallest absolute Gasteiger partial charge is 0.287 e. The molecule has 25 heavy (non-hydrogen) atoms. The van der Waals surface area contributed by atoms with E-state index < -0.39 is 10.8 Å². The van der Waals surface area contributed by atoms with Crippen molar-refractivity contribution in [1.82, 2.24) is 0 Å². The molecule has 0 fully saturated rings. The van der Waals surface area contributed by atoms with Crippen molar-refractivity contribution in [3.63, 3.8) is 0 Å². The van der Waals surface area contributed by atoms with Gasteiger partial charge in [-0.2, -0.15) is 5.11 Å². The third-order valence-corrected chi connectivity index (χ3v) is 3.53. The molecule has 0 saturated carbocycles. The van der Waals surface area contributed by atoms with Crippen molar-refractivity contribution in [2.24, 2.45) is 10.2 Å². The summed E-state index contributed by atoms with van der Waals surface area (Å²) in [6.07, 6.45) is 2.98. The molecule has 124 valence electrons. The second kappa shape index (κ2) is 6.83. The summed E-state index contributed by atoms with van der Waals surface area (Å²) < 4.78 is 0. The average Bonchev–Trinajstić information content (AvgIpc) is 2.62. The molecule has 8 heteroatoms. The van der Waals surface area contributed by atoms with Crippen LogP contribution >= 0.6 is 0 Å². The summed E-state index contributed by atoms with van der Waals surface area (Å²) in [5.74, 6) is -0.790. The Morgan fingerprint density at radius 2 is 1.92 bits per heavy atom. The number of amides is 2. The van der Waals surface area contributed by atoms with E-state index in [4.69, 9.17) is 0 Å². The van der Waals surface area contributed by atoms with Gasteiger partial charge in [-0.1, -0.05) is 12.1 Å². The molecule has 1 aliphatic heterocycles. The van der Waals surface area contributed by atoms with E-state index in [0.717, 1.165) is 5.56 Å². The molecule has 0 radical (unpaired) electrons. The Kier molecular flexibility index (Phi) is 4.42. The van der Waals surface area contributed by atoms with Gasteiger partial charge in [0.25, 0.3) is 17.5 Å². The zero-order valence-electron chi connectivity index (χ0n) is 12.8. The standard InChI is InChI=1S/C17H12N4O4/c22-16-9-8-15(19-20-16)12-2-1-3-13(10-12)18-17(23)11-4-6-14(7-5-11)21(24)25/h1-10,15H,(H,18,23). The van der Waals surface area contributed by atoms with E-state index in [1.165, 1.54) is 30.3 Å². The molecule has 1 N–H and O–H groups in total. The fraction of sp³-hybridized carbons (Fsp3) is 0.0588. The quantitative estimate of drug-likeness (QED) is 0.680. The Labute approximate surface area is 142 Å². The van der Waals surface area contributed by atoms with Crippen LogP contribution in [0, 0.1) is 10.1 Å². The first kappa shape index (κ1) is 16.2. The van der Waals surface area contributed by atoms with E-state index in [1.807, 2.05) is 6.07 Å². The van der Waals surface area contributed by atoms with Crippen LogP contribution in [0.4, 0.5) is 11.4 Å². The van der Waals surface area contributed by atoms with Crippen LogP contribution in [0.15, 0.2) is 70.9 Å². The van der Waals surface area contributed by atoms with E-state index in [1.54, 1.807) is 24.3 Å². The summed E-state index contributed by atoms with van der Waals surface area (Å²) in [6.45, 7) is 0. The van der Waals surface area contributed by atoms with Crippen LogP contribution in [0.3, 0.4) is 0 Å². The number of non-ortho nitro benzene ring substituents is 1. The first-order valence-corrected chi connectivity index (χ1v) is 7.32. The van der Waals surface area contributed by atoms with Crippen LogP contribution in [0.1, 0.15) is 22.0 Å². The predicted molar refractivity (Wildman–Crippen MR) is 89.2 cm³/mol. The molecule has 8 nitrogen and oxygen atoms in total. The zero-order chi connectivity index (χ0) is 17.8. The Hall–Kier alpha value is -3.68. The van der Waals surface area contributed by atoms with E-state index >= 15 is 0 Å². The molecule has 2 aromatic rings. The van der Waals surface area contributed by atoms with E-state index in [-0.39, 0.29) is 17.6 Å². The molecule has 1 atom stereocenters. The molecule has 1 heterocycles. The SMILES string of the molecule is O=C1C=CC(c2cccc(NC(=O)c3ccc([N+](=O)[O-])cc3)c2)N=N1. The van der Waals surface area contributed by atoms with Crippen molar-refractivity contribution in [1.29, 1.82) is 0 Å². The number of hydrogen-bond acceptors (Lipinski definition) is 5. The number of hydrogen-bond donors (Lipinski definition) is 1. The number of carbonyl (C=O) groups excluding carboxylic acids is 2. The topological polar surface area (TPSA) is 114 Å². The lowest BCUT2D eigenvalue weighted by molar-refractivity contribution is -0.384. The first-order valence-electron chi connectivity index (χ1n) is 7.32. The molecule has 2 aromatic carbocycles. The molecular weight excluding hydrogens is 324 g/mol. The lowest BCUT2D eigenvalue weighted by Gasteiger charge is -2.11. The van der Waals surface area contributed by atoms with Crippen LogP contribution in [-0.4, -0.2) is 16.7 Å². The number of nitro benzene ring substituents is 1. The highest BCUT2D eigenvalue weighted by Crippen LogP contribution is 2.25. The minimum atomic E-state index is -0.526. The largest absolute Gasteiger partial charge is 0.322 e. The van der Waals surface area contributed by atoms with Gasteiger partial charge in [-0.25, -0.2) is 0 Å². The fourth-order valence-electron chi connectivity index (χ4n) is 2.28. The monoisotopic (exact) mass is 336 g/mol. The molecule has 2 amide bonds. The molecule has 1 unspecified atom stereocenters. The highest BCUT2D eigenvalue weighted by Gasteiger charge is 2.14. The number of anilines is 1. The van der Waals surface area contributed by atoms with Crippen LogP contribution in [-0.2, 0) is 4.79 Å². The molecular formula is C17H12N4O4. The Morgan fingerprint density at radius 3 is 2.56 bits per heavy atom. The first-order chi connectivity index (χ1) is 12.0. The Bertz CT molecular complexity index is 887. The molecule has 1 aliphatic rings. The lowest BCUT2D eigenvalue weighted by atomic mass is 10.1. The summed E-state index contributed by atoms with van der Waals surface area (Å²) >= 11 is 0. The average molecular weight is 336 g/mol. The molecule has 0 spiro atoms. The molecule has 0 saturated heterocycles. The van der Waals surface area contributed by atoms with Crippen molar-refractivity contribution >= 4 is 23.2 Å². The van der Waals surface area contributed by atoms with Crippen molar-refractivity contribution in [3.05, 3.63) is 81.9 Å². The number of rotatable bonds is 4. The van der Waals surface area contributed by atoms with Gasteiger partial charge in [-0.3, -0.25) is 19.7 Å². The lowest BCUT2D eigenvalue weighted by Crippen LogP contribution is -2.12. The number of azo groups is 1. The van der Waals surface area contributed by atoms with Gasteiger partial charge in [0, 0.05) is 29.5 Å². The van der Waals surface area contributed by atoms with Crippen LogP contribution in [0.5, 0.6) is 0 Å². The van der Waals surface area contributed by atoms with Gasteiger partial charge >= 0.3 is 0 Å². The number of carbonyl (C=O) groups is 2. The predicted octanol–water partition coefficient (Wildman–Crippen LogP) is 3.44. The maximum absolute atomic E-state index is 12.2. The second-order valence-corrected chi connectivity index (χ2v) is 5.24. The number of nitrogens with zero attached hydrogens (tertiary/aromatic N) is 3. The molecule has 0 aromatic heterocycles. The molecule has 0 bridgehead atoms. The summed E-state index contributed by atoms with van der Waals surface area (Å²) in [6, 6.07) is 11.9. The fourth-order valence-corrected chi connectivity index (χ4v) is 2.28. The van der Waals surface area contributed by atoms with Crippen molar-refractivity contribution in [2.45, 2.75) is 6.04 Å². The third kappa shape index (κ3) is 3.81.